The van der Waals surface area contributed by atoms with Gasteiger partial charge in [-0.1, -0.05) is 19.9 Å². The standard InChI is InChI=1S/C19H18BrN3O3S/c1-9(2)18-22-15(16(20)27-18)10-3-4-12-11(7-10)8-23(19(12)26)13-5-6-14(24)21-17(13)25/h3-4,7,9,13H,5-6,8H2,1-2H3,(H,21,24,25). The van der Waals surface area contributed by atoms with Crippen molar-refractivity contribution < 1.29 is 14.4 Å². The predicted molar refractivity (Wildman–Crippen MR) is 105 cm³/mol. The summed E-state index contributed by atoms with van der Waals surface area (Å²) in [5.74, 6) is -0.487. The lowest BCUT2D eigenvalue weighted by Gasteiger charge is -2.29. The lowest BCUT2D eigenvalue weighted by atomic mass is 10.0. The van der Waals surface area contributed by atoms with Gasteiger partial charge in [0.2, 0.25) is 11.8 Å². The number of fused-ring (bicyclic) bond motifs is 1. The molecular formula is C19H18BrN3O3S. The molecule has 1 saturated heterocycles. The van der Waals surface area contributed by atoms with Gasteiger partial charge in [-0.05, 0) is 40.0 Å². The van der Waals surface area contributed by atoms with Crippen LogP contribution in [0.1, 0.15) is 53.5 Å². The third kappa shape index (κ3) is 3.21. The highest BCUT2D eigenvalue weighted by Crippen LogP contribution is 2.38. The normalized spacial score (nSPS) is 19.6. The molecule has 2 aliphatic rings. The van der Waals surface area contributed by atoms with Gasteiger partial charge in [0, 0.05) is 30.0 Å². The Balaban J connectivity index is 1.63. The van der Waals surface area contributed by atoms with Crippen molar-refractivity contribution >= 4 is 45.0 Å². The average Bonchev–Trinajstić information content (AvgIpc) is 3.15. The number of benzene rings is 1. The number of piperidine rings is 1. The summed E-state index contributed by atoms with van der Waals surface area (Å²) < 4.78 is 0.970. The van der Waals surface area contributed by atoms with Crippen molar-refractivity contribution in [3.05, 3.63) is 38.1 Å². The van der Waals surface area contributed by atoms with Crippen molar-refractivity contribution in [3.8, 4) is 11.3 Å². The molecule has 1 N–H and O–H groups in total. The van der Waals surface area contributed by atoms with Crippen molar-refractivity contribution in [2.75, 3.05) is 0 Å². The number of nitrogens with one attached hydrogen (secondary N) is 1. The van der Waals surface area contributed by atoms with Crippen molar-refractivity contribution in [1.29, 1.82) is 0 Å². The summed E-state index contributed by atoms with van der Waals surface area (Å²) in [6, 6.07) is 5.08. The van der Waals surface area contributed by atoms with E-state index in [2.05, 4.69) is 35.1 Å². The monoisotopic (exact) mass is 447 g/mol. The van der Waals surface area contributed by atoms with E-state index in [4.69, 9.17) is 4.98 Å². The van der Waals surface area contributed by atoms with Crippen LogP contribution in [0, 0.1) is 0 Å². The van der Waals surface area contributed by atoms with Crippen molar-refractivity contribution in [3.63, 3.8) is 0 Å². The molecule has 0 bridgehead atoms. The van der Waals surface area contributed by atoms with E-state index >= 15 is 0 Å². The first-order valence-electron chi connectivity index (χ1n) is 8.79. The number of imide groups is 1. The van der Waals surface area contributed by atoms with Crippen molar-refractivity contribution in [2.24, 2.45) is 0 Å². The van der Waals surface area contributed by atoms with Crippen molar-refractivity contribution in [2.45, 2.75) is 45.2 Å². The summed E-state index contributed by atoms with van der Waals surface area (Å²) in [6.07, 6.45) is 0.623. The van der Waals surface area contributed by atoms with Crippen LogP contribution in [0.25, 0.3) is 11.3 Å². The van der Waals surface area contributed by atoms with Gasteiger partial charge in [-0.15, -0.1) is 11.3 Å². The molecule has 1 atom stereocenters. The summed E-state index contributed by atoms with van der Waals surface area (Å²) >= 11 is 5.21. The number of halogens is 1. The summed E-state index contributed by atoms with van der Waals surface area (Å²) in [7, 11) is 0. The van der Waals surface area contributed by atoms with Crippen LogP contribution in [0.5, 0.6) is 0 Å². The molecular weight excluding hydrogens is 430 g/mol. The maximum atomic E-state index is 12.8. The van der Waals surface area contributed by atoms with E-state index in [9.17, 15) is 14.4 Å². The number of hydrogen-bond donors (Lipinski definition) is 1. The van der Waals surface area contributed by atoms with Crippen molar-refractivity contribution in [1.82, 2.24) is 15.2 Å². The number of carbonyl (C=O) groups excluding carboxylic acids is 3. The number of nitrogens with zero attached hydrogens (tertiary/aromatic N) is 2. The molecule has 1 fully saturated rings. The summed E-state index contributed by atoms with van der Waals surface area (Å²) in [4.78, 5) is 42.6. The molecule has 3 amide bonds. The van der Waals surface area contributed by atoms with Gasteiger partial charge in [0.05, 0.1) is 14.5 Å². The molecule has 1 aromatic carbocycles. The molecule has 1 aromatic heterocycles. The fraction of sp³-hybridized carbons (Fsp3) is 0.368. The summed E-state index contributed by atoms with van der Waals surface area (Å²) in [6.45, 7) is 4.58. The zero-order valence-electron chi connectivity index (χ0n) is 14.9. The Hall–Kier alpha value is -2.06. The maximum absolute atomic E-state index is 12.8. The van der Waals surface area contributed by atoms with Crippen LogP contribution in [-0.2, 0) is 16.1 Å². The molecule has 140 valence electrons. The SMILES string of the molecule is CC(C)c1nc(-c2ccc3c(c2)CN(C2CCC(=O)NC2=O)C3=O)c(Br)s1. The zero-order valence-corrected chi connectivity index (χ0v) is 17.3. The molecule has 0 aliphatic carbocycles. The highest BCUT2D eigenvalue weighted by Gasteiger charge is 2.39. The smallest absolute Gasteiger partial charge is 0.255 e. The van der Waals surface area contributed by atoms with Gasteiger partial charge in [-0.3, -0.25) is 19.7 Å². The largest absolute Gasteiger partial charge is 0.322 e. The number of hydrogen-bond acceptors (Lipinski definition) is 5. The van der Waals surface area contributed by atoms with Crippen LogP contribution in [0.3, 0.4) is 0 Å². The Morgan fingerprint density at radius 1 is 1.30 bits per heavy atom. The Morgan fingerprint density at radius 2 is 2.07 bits per heavy atom. The quantitative estimate of drug-likeness (QED) is 0.730. The van der Waals surface area contributed by atoms with E-state index in [0.717, 1.165) is 25.6 Å². The van der Waals surface area contributed by atoms with Gasteiger partial charge in [0.1, 0.15) is 6.04 Å². The highest BCUT2D eigenvalue weighted by molar-refractivity contribution is 9.11. The Kier molecular flexibility index (Phi) is 4.63. The zero-order chi connectivity index (χ0) is 19.3. The molecule has 3 heterocycles. The van der Waals surface area contributed by atoms with Crippen LogP contribution in [-0.4, -0.2) is 33.6 Å². The Labute approximate surface area is 169 Å². The van der Waals surface area contributed by atoms with Gasteiger partial charge in [0.15, 0.2) is 0 Å². The molecule has 6 nitrogen and oxygen atoms in total. The third-order valence-electron chi connectivity index (χ3n) is 4.89. The first-order chi connectivity index (χ1) is 12.8. The molecule has 27 heavy (non-hydrogen) atoms. The highest BCUT2D eigenvalue weighted by atomic mass is 79.9. The van der Waals surface area contributed by atoms with E-state index < -0.39 is 11.9 Å². The Bertz CT molecular complexity index is 969. The second-order valence-electron chi connectivity index (χ2n) is 7.10. The van der Waals surface area contributed by atoms with Crippen LogP contribution >= 0.6 is 27.3 Å². The predicted octanol–water partition coefficient (Wildman–Crippen LogP) is 3.46. The van der Waals surface area contributed by atoms with Crippen LogP contribution in [0.2, 0.25) is 0 Å². The first-order valence-corrected chi connectivity index (χ1v) is 10.4. The number of rotatable bonds is 3. The minimum atomic E-state index is -0.593. The summed E-state index contributed by atoms with van der Waals surface area (Å²) in [5.41, 5.74) is 3.31. The van der Waals surface area contributed by atoms with E-state index in [1.54, 1.807) is 22.3 Å². The van der Waals surface area contributed by atoms with Crippen LogP contribution in [0.15, 0.2) is 22.0 Å². The van der Waals surface area contributed by atoms with E-state index in [1.165, 1.54) is 0 Å². The molecule has 2 aromatic rings. The fourth-order valence-corrected chi connectivity index (χ4v) is 5.10. The molecule has 0 spiro atoms. The maximum Gasteiger partial charge on any atom is 0.255 e. The second kappa shape index (κ2) is 6.83. The average molecular weight is 448 g/mol. The lowest BCUT2D eigenvalue weighted by Crippen LogP contribution is -2.52. The van der Waals surface area contributed by atoms with Gasteiger partial charge < -0.3 is 4.90 Å². The molecule has 0 saturated carbocycles. The molecule has 2 aliphatic heterocycles. The third-order valence-corrected chi connectivity index (χ3v) is 6.90. The number of amides is 3. The van der Waals surface area contributed by atoms with Gasteiger partial charge in [0.25, 0.3) is 5.91 Å². The van der Waals surface area contributed by atoms with Gasteiger partial charge in [-0.25, -0.2) is 4.98 Å². The Morgan fingerprint density at radius 3 is 2.74 bits per heavy atom. The minimum Gasteiger partial charge on any atom is -0.322 e. The van der Waals surface area contributed by atoms with Gasteiger partial charge in [-0.2, -0.15) is 0 Å². The number of aromatic nitrogens is 1. The van der Waals surface area contributed by atoms with Gasteiger partial charge >= 0.3 is 0 Å². The number of thiazole rings is 1. The van der Waals surface area contributed by atoms with E-state index in [1.807, 2.05) is 12.1 Å². The van der Waals surface area contributed by atoms with Crippen LogP contribution in [0.4, 0.5) is 0 Å². The fourth-order valence-electron chi connectivity index (χ4n) is 3.46. The molecule has 8 heteroatoms. The molecule has 1 unspecified atom stereocenters. The number of carbonyl (C=O) groups is 3. The molecule has 4 rings (SSSR count). The van der Waals surface area contributed by atoms with E-state index in [-0.39, 0.29) is 18.2 Å². The lowest BCUT2D eigenvalue weighted by molar-refractivity contribution is -0.136. The molecule has 0 radical (unpaired) electrons. The topological polar surface area (TPSA) is 79.4 Å². The summed E-state index contributed by atoms with van der Waals surface area (Å²) in [5, 5.41) is 3.38. The second-order valence-corrected chi connectivity index (χ2v) is 9.45. The van der Waals surface area contributed by atoms with E-state index in [0.29, 0.717) is 24.4 Å². The van der Waals surface area contributed by atoms with Crippen LogP contribution < -0.4 is 5.32 Å². The first kappa shape index (κ1) is 18.3. The minimum absolute atomic E-state index is 0.161.